The second kappa shape index (κ2) is 12.7. The van der Waals surface area contributed by atoms with E-state index in [0.717, 1.165) is 51.4 Å². The van der Waals surface area contributed by atoms with Crippen molar-refractivity contribution in [2.45, 2.75) is 231 Å². The topological polar surface area (TPSA) is 126 Å². The fourth-order valence-corrected chi connectivity index (χ4v) is 11.7. The van der Waals surface area contributed by atoms with Gasteiger partial charge in [0, 0.05) is 68.5 Å². The summed E-state index contributed by atoms with van der Waals surface area (Å²) < 4.78 is 0. The lowest BCUT2D eigenvalue weighted by Crippen LogP contribution is -2.67. The average molecular weight is 699 g/mol. The van der Waals surface area contributed by atoms with Gasteiger partial charge in [0.1, 0.15) is 0 Å². The van der Waals surface area contributed by atoms with Crippen molar-refractivity contribution in [1.29, 1.82) is 0 Å². The Balaban J connectivity index is 1.70. The fourth-order valence-electron chi connectivity index (χ4n) is 11.7. The molecule has 5 heterocycles. The summed E-state index contributed by atoms with van der Waals surface area (Å²) in [4.78, 5) is 20.7. The van der Waals surface area contributed by atoms with Crippen LogP contribution in [0.3, 0.4) is 0 Å². The van der Waals surface area contributed by atoms with E-state index in [1.165, 1.54) is 0 Å². The summed E-state index contributed by atoms with van der Waals surface area (Å²) >= 11 is 0. The third-order valence-electron chi connectivity index (χ3n) is 11.4. The largest absolute Gasteiger partial charge is 0.334 e. The Morgan fingerprint density at radius 3 is 0.800 bits per heavy atom. The van der Waals surface area contributed by atoms with Crippen LogP contribution < -0.4 is 36.5 Å². The van der Waals surface area contributed by atoms with Crippen molar-refractivity contribution in [1.82, 2.24) is 36.2 Å². The van der Waals surface area contributed by atoms with Gasteiger partial charge >= 0.3 is 0 Å². The van der Waals surface area contributed by atoms with E-state index in [1.54, 1.807) is 0 Å². The van der Waals surface area contributed by atoms with Crippen LogP contribution in [0.5, 0.6) is 0 Å². The molecule has 1 aromatic rings. The molecule has 1 aromatic heterocycles. The number of aromatic nitrogens is 3. The molecule has 0 spiro atoms. The Labute approximate surface area is 304 Å². The second-order valence-corrected chi connectivity index (χ2v) is 22.0. The Bertz CT molecular complexity index is 1140. The molecule has 0 aliphatic carbocycles. The van der Waals surface area contributed by atoms with E-state index in [-0.39, 0.29) is 74.4 Å². The zero-order chi connectivity index (χ0) is 37.5. The lowest BCUT2D eigenvalue weighted by molar-refractivity contribution is 0.122. The van der Waals surface area contributed by atoms with Crippen LogP contribution in [0.1, 0.15) is 162 Å². The van der Waals surface area contributed by atoms with Crippen molar-refractivity contribution in [3.05, 3.63) is 0 Å². The zero-order valence-corrected chi connectivity index (χ0v) is 34.6. The number of nitrogens with zero attached hydrogens (tertiary/aromatic N) is 5. The van der Waals surface area contributed by atoms with Crippen molar-refractivity contribution in [3.63, 3.8) is 0 Å². The molecule has 11 nitrogen and oxygen atoms in total. The molecule has 4 fully saturated rings. The van der Waals surface area contributed by atoms with E-state index < -0.39 is 0 Å². The van der Waals surface area contributed by atoms with Crippen molar-refractivity contribution in [2.24, 2.45) is 0 Å². The number of anilines is 3. The van der Waals surface area contributed by atoms with E-state index >= 15 is 0 Å². The molecule has 0 radical (unpaired) electrons. The summed E-state index contributed by atoms with van der Waals surface area (Å²) in [6.45, 7) is 37.1. The molecule has 0 saturated carbocycles. The monoisotopic (exact) mass is 699 g/mol. The highest BCUT2D eigenvalue weighted by Gasteiger charge is 2.49. The van der Waals surface area contributed by atoms with Gasteiger partial charge in [-0.05, 0) is 162 Å². The smallest absolute Gasteiger partial charge is 0.253 e. The van der Waals surface area contributed by atoms with E-state index in [2.05, 4.69) is 147 Å². The minimum Gasteiger partial charge on any atom is -0.334 e. The van der Waals surface area contributed by atoms with Crippen molar-refractivity contribution in [3.8, 4) is 0 Å². The first-order valence-electron chi connectivity index (χ1n) is 19.4. The van der Waals surface area contributed by atoms with Crippen molar-refractivity contribution < 1.29 is 5.21 Å². The molecule has 0 atom stereocenters. The van der Waals surface area contributed by atoms with Crippen LogP contribution in [0.2, 0.25) is 0 Å². The third kappa shape index (κ3) is 9.41. The molecule has 6 N–H and O–H groups in total. The first-order valence-corrected chi connectivity index (χ1v) is 19.4. The number of piperidine rings is 4. The summed E-state index contributed by atoms with van der Waals surface area (Å²) in [5.41, 5.74) is 1.85. The number of nitrogens with one attached hydrogen (secondary N) is 5. The molecule has 0 unspecified atom stereocenters. The molecular formula is C39H74N10O. The van der Waals surface area contributed by atoms with Crippen LogP contribution >= 0.6 is 0 Å². The van der Waals surface area contributed by atoms with Crippen LogP contribution in [0.15, 0.2) is 0 Å². The molecule has 4 aliphatic rings. The van der Waals surface area contributed by atoms with Crippen LogP contribution in [0.25, 0.3) is 0 Å². The van der Waals surface area contributed by atoms with Gasteiger partial charge in [0.2, 0.25) is 11.9 Å². The molecular weight excluding hydrogens is 624 g/mol. The summed E-state index contributed by atoms with van der Waals surface area (Å²) in [7, 11) is 0. The minimum absolute atomic E-state index is 0.0684. The van der Waals surface area contributed by atoms with Gasteiger partial charge in [0.15, 0.2) is 0 Å². The van der Waals surface area contributed by atoms with Gasteiger partial charge in [0.25, 0.3) is 5.95 Å². The average Bonchev–Trinajstić information content (AvgIpc) is 2.81. The second-order valence-electron chi connectivity index (χ2n) is 22.0. The van der Waals surface area contributed by atoms with Crippen LogP contribution in [-0.4, -0.2) is 88.6 Å². The lowest BCUT2D eigenvalue weighted by Gasteiger charge is -2.56. The highest BCUT2D eigenvalue weighted by molar-refractivity contribution is 5.49. The molecule has 286 valence electrons. The van der Waals surface area contributed by atoms with Crippen LogP contribution in [0.4, 0.5) is 17.8 Å². The quantitative estimate of drug-likeness (QED) is 0.174. The first-order chi connectivity index (χ1) is 22.5. The molecule has 0 amide bonds. The van der Waals surface area contributed by atoms with E-state index in [0.29, 0.717) is 11.9 Å². The van der Waals surface area contributed by atoms with Gasteiger partial charge in [0.05, 0.1) is 0 Å². The van der Waals surface area contributed by atoms with Crippen LogP contribution in [-0.2, 0) is 0 Å². The Morgan fingerprint density at radius 2 is 0.620 bits per heavy atom. The molecule has 4 aliphatic heterocycles. The predicted octanol–water partition coefficient (Wildman–Crippen LogP) is 6.52. The third-order valence-corrected chi connectivity index (χ3v) is 11.4. The fraction of sp³-hybridized carbons (Fsp3) is 0.923. The normalized spacial score (nSPS) is 28.9. The van der Waals surface area contributed by atoms with Gasteiger partial charge in [-0.25, -0.2) is 5.48 Å². The molecule has 0 bridgehead atoms. The Hall–Kier alpha value is -1.79. The summed E-state index contributed by atoms with van der Waals surface area (Å²) in [6.07, 6.45) is 7.68. The summed E-state index contributed by atoms with van der Waals surface area (Å²) in [5.74, 6) is 1.53. The molecule has 0 aromatic carbocycles. The lowest BCUT2D eigenvalue weighted by atomic mass is 9.75. The standard InChI is InChI=1S/C39H74N10O/c1-32(2)17-25(18-33(3,4)44-32)48(26-19-34(5,6)45-35(7,8)20-26)30-40-29(43-50)41-31(42-30)49(27-21-36(9,10)46-37(11,12)22-27)28-23-38(13,14)47-39(15,16)24-28/h25-28,44-47,50H,17-24H2,1-16H3,(H,40,41,42,43). The van der Waals surface area contributed by atoms with Gasteiger partial charge in [-0.1, -0.05) is 0 Å². The maximum Gasteiger partial charge on any atom is 0.253 e. The molecule has 5 rings (SSSR count). The van der Waals surface area contributed by atoms with E-state index in [4.69, 9.17) is 15.0 Å². The number of hydrogen-bond donors (Lipinski definition) is 6. The summed E-state index contributed by atoms with van der Waals surface area (Å²) in [6, 6.07) is 0.777. The maximum absolute atomic E-state index is 10.6. The summed E-state index contributed by atoms with van der Waals surface area (Å²) in [5, 5.41) is 26.2. The molecule has 11 heteroatoms. The minimum atomic E-state index is -0.0684. The highest BCUT2D eigenvalue weighted by Crippen LogP contribution is 2.43. The van der Waals surface area contributed by atoms with Gasteiger partial charge in [-0.3, -0.25) is 5.21 Å². The molecule has 50 heavy (non-hydrogen) atoms. The van der Waals surface area contributed by atoms with Gasteiger partial charge in [-0.15, -0.1) is 0 Å². The Morgan fingerprint density at radius 1 is 0.420 bits per heavy atom. The SMILES string of the molecule is CC1(C)CC(N(c2nc(NO)nc(N(C3CC(C)(C)NC(C)(C)C3)C3CC(C)(C)NC(C)(C)C3)n2)C2CC(C)(C)NC(C)(C)C2)CC(C)(C)N1. The zero-order valence-electron chi connectivity index (χ0n) is 34.6. The van der Waals surface area contributed by atoms with Crippen molar-refractivity contribution >= 4 is 17.8 Å². The first kappa shape index (κ1) is 39.4. The van der Waals surface area contributed by atoms with E-state index in [1.807, 2.05) is 0 Å². The maximum atomic E-state index is 10.6. The Kier molecular flexibility index (Phi) is 9.99. The number of hydrogen-bond acceptors (Lipinski definition) is 11. The predicted molar refractivity (Wildman–Crippen MR) is 207 cm³/mol. The molecule has 4 saturated heterocycles. The van der Waals surface area contributed by atoms with E-state index in [9.17, 15) is 5.21 Å². The highest BCUT2D eigenvalue weighted by atomic mass is 16.5. The van der Waals surface area contributed by atoms with Gasteiger partial charge in [-0.2, -0.15) is 15.0 Å². The van der Waals surface area contributed by atoms with Gasteiger partial charge < -0.3 is 31.1 Å². The van der Waals surface area contributed by atoms with Crippen LogP contribution in [0, 0.1) is 0 Å². The number of rotatable bonds is 7. The van der Waals surface area contributed by atoms with Crippen molar-refractivity contribution in [2.75, 3.05) is 15.3 Å².